The van der Waals surface area contributed by atoms with Gasteiger partial charge in [-0.1, -0.05) is 27.2 Å². The fraction of sp³-hybridized carbons (Fsp3) is 0.867. The van der Waals surface area contributed by atoms with Gasteiger partial charge in [0.15, 0.2) is 0 Å². The van der Waals surface area contributed by atoms with Crippen LogP contribution in [0.2, 0.25) is 0 Å². The molecule has 5 heteroatoms. The Hall–Kier alpha value is -1.10. The number of carbonyl (C=O) groups excluding carboxylic acids is 2. The first-order valence-corrected chi connectivity index (χ1v) is 7.77. The number of nitrogens with zero attached hydrogens (tertiary/aromatic N) is 1. The van der Waals surface area contributed by atoms with E-state index < -0.39 is 5.54 Å². The Morgan fingerprint density at radius 2 is 1.90 bits per heavy atom. The van der Waals surface area contributed by atoms with Gasteiger partial charge in [-0.2, -0.15) is 0 Å². The zero-order chi connectivity index (χ0) is 15.0. The SMILES string of the molecule is CCCCOCCN1CCC(=O)NC(CC)(CC)C1=O. The molecule has 1 N–H and O–H groups in total. The van der Waals surface area contributed by atoms with E-state index in [4.69, 9.17) is 4.74 Å². The third-order valence-electron chi connectivity index (χ3n) is 4.04. The van der Waals surface area contributed by atoms with Gasteiger partial charge in [0.05, 0.1) is 6.61 Å². The molecule has 1 aliphatic heterocycles. The van der Waals surface area contributed by atoms with Crippen LogP contribution in [0.5, 0.6) is 0 Å². The zero-order valence-electron chi connectivity index (χ0n) is 13.0. The minimum absolute atomic E-state index is 0.0311. The largest absolute Gasteiger partial charge is 0.380 e. The lowest BCUT2D eigenvalue weighted by Gasteiger charge is -2.33. The Kier molecular flexibility index (Phi) is 6.99. The van der Waals surface area contributed by atoms with Crippen molar-refractivity contribution in [2.45, 2.75) is 58.4 Å². The summed E-state index contributed by atoms with van der Waals surface area (Å²) in [7, 11) is 0. The van der Waals surface area contributed by atoms with Crippen molar-refractivity contribution in [2.24, 2.45) is 0 Å². The molecule has 1 heterocycles. The highest BCUT2D eigenvalue weighted by Crippen LogP contribution is 2.21. The van der Waals surface area contributed by atoms with Gasteiger partial charge in [0.2, 0.25) is 11.8 Å². The normalized spacial score (nSPS) is 18.9. The monoisotopic (exact) mass is 284 g/mol. The van der Waals surface area contributed by atoms with E-state index in [1.807, 2.05) is 13.8 Å². The number of hydrogen-bond donors (Lipinski definition) is 1. The number of rotatable bonds is 8. The van der Waals surface area contributed by atoms with Crippen molar-refractivity contribution in [3.8, 4) is 0 Å². The molecule has 5 nitrogen and oxygen atoms in total. The summed E-state index contributed by atoms with van der Waals surface area (Å²) in [5.74, 6) is 0.00360. The summed E-state index contributed by atoms with van der Waals surface area (Å²) in [4.78, 5) is 26.2. The number of unbranched alkanes of at least 4 members (excludes halogenated alkanes) is 1. The fourth-order valence-electron chi connectivity index (χ4n) is 2.49. The maximum atomic E-state index is 12.7. The number of hydrogen-bond acceptors (Lipinski definition) is 3. The summed E-state index contributed by atoms with van der Waals surface area (Å²) in [5, 5.41) is 2.91. The molecule has 1 rings (SSSR count). The molecule has 0 unspecified atom stereocenters. The number of ether oxygens (including phenoxy) is 1. The predicted octanol–water partition coefficient (Wildman–Crippen LogP) is 1.71. The lowest BCUT2D eigenvalue weighted by Crippen LogP contribution is -2.56. The molecular formula is C15H28N2O3. The molecule has 0 aromatic carbocycles. The summed E-state index contributed by atoms with van der Waals surface area (Å²) < 4.78 is 5.53. The molecule has 0 bridgehead atoms. The van der Waals surface area contributed by atoms with Gasteiger partial charge in [-0.3, -0.25) is 9.59 Å². The molecule has 0 aliphatic carbocycles. The third-order valence-corrected chi connectivity index (χ3v) is 4.04. The second-order valence-electron chi connectivity index (χ2n) is 5.35. The van der Waals surface area contributed by atoms with E-state index >= 15 is 0 Å². The molecule has 0 spiro atoms. The van der Waals surface area contributed by atoms with Crippen LogP contribution in [0.1, 0.15) is 52.9 Å². The van der Waals surface area contributed by atoms with Crippen molar-refractivity contribution >= 4 is 11.8 Å². The van der Waals surface area contributed by atoms with Gasteiger partial charge >= 0.3 is 0 Å². The lowest BCUT2D eigenvalue weighted by molar-refractivity contribution is -0.139. The average molecular weight is 284 g/mol. The number of amides is 2. The van der Waals surface area contributed by atoms with Crippen molar-refractivity contribution < 1.29 is 14.3 Å². The third kappa shape index (κ3) is 4.20. The molecule has 1 aliphatic rings. The minimum Gasteiger partial charge on any atom is -0.380 e. The summed E-state index contributed by atoms with van der Waals surface area (Å²) in [6.45, 7) is 8.36. The Balaban J connectivity index is 2.61. The van der Waals surface area contributed by atoms with Gasteiger partial charge in [0, 0.05) is 26.1 Å². The van der Waals surface area contributed by atoms with Crippen LogP contribution in [0.3, 0.4) is 0 Å². The number of nitrogens with one attached hydrogen (secondary N) is 1. The Morgan fingerprint density at radius 3 is 2.50 bits per heavy atom. The summed E-state index contributed by atoms with van der Waals surface area (Å²) >= 11 is 0. The highest BCUT2D eigenvalue weighted by molar-refractivity contribution is 5.93. The van der Waals surface area contributed by atoms with E-state index in [1.165, 1.54) is 0 Å². The van der Waals surface area contributed by atoms with Gasteiger partial charge in [0.25, 0.3) is 0 Å². The highest BCUT2D eigenvalue weighted by Gasteiger charge is 2.41. The number of carbonyl (C=O) groups is 2. The van der Waals surface area contributed by atoms with Gasteiger partial charge in [-0.05, 0) is 19.3 Å². The van der Waals surface area contributed by atoms with Gasteiger partial charge in [-0.25, -0.2) is 0 Å². The van der Waals surface area contributed by atoms with Gasteiger partial charge < -0.3 is 15.0 Å². The van der Waals surface area contributed by atoms with E-state index in [-0.39, 0.29) is 11.8 Å². The van der Waals surface area contributed by atoms with Crippen LogP contribution >= 0.6 is 0 Å². The maximum Gasteiger partial charge on any atom is 0.248 e. The first-order chi connectivity index (χ1) is 9.59. The molecule has 1 saturated heterocycles. The van der Waals surface area contributed by atoms with Crippen LogP contribution in [-0.4, -0.2) is 48.6 Å². The Bertz CT molecular complexity index is 327. The summed E-state index contributed by atoms with van der Waals surface area (Å²) in [5.41, 5.74) is -0.725. The fourth-order valence-corrected chi connectivity index (χ4v) is 2.49. The maximum absolute atomic E-state index is 12.7. The predicted molar refractivity (Wildman–Crippen MR) is 78.4 cm³/mol. The average Bonchev–Trinajstić information content (AvgIpc) is 2.58. The second-order valence-corrected chi connectivity index (χ2v) is 5.35. The zero-order valence-corrected chi connectivity index (χ0v) is 13.0. The summed E-state index contributed by atoms with van der Waals surface area (Å²) in [6, 6.07) is 0. The smallest absolute Gasteiger partial charge is 0.248 e. The molecule has 0 atom stereocenters. The molecule has 0 aromatic rings. The topological polar surface area (TPSA) is 58.6 Å². The van der Waals surface area contributed by atoms with E-state index in [0.29, 0.717) is 39.0 Å². The van der Waals surface area contributed by atoms with Crippen molar-refractivity contribution in [1.29, 1.82) is 0 Å². The first-order valence-electron chi connectivity index (χ1n) is 7.77. The molecule has 116 valence electrons. The summed E-state index contributed by atoms with van der Waals surface area (Å²) in [6.07, 6.45) is 3.78. The van der Waals surface area contributed by atoms with Gasteiger partial charge in [0.1, 0.15) is 5.54 Å². The van der Waals surface area contributed by atoms with Crippen molar-refractivity contribution in [1.82, 2.24) is 10.2 Å². The van der Waals surface area contributed by atoms with Crippen LogP contribution < -0.4 is 5.32 Å². The first kappa shape index (κ1) is 17.0. The minimum atomic E-state index is -0.725. The van der Waals surface area contributed by atoms with Crippen LogP contribution in [-0.2, 0) is 14.3 Å². The van der Waals surface area contributed by atoms with E-state index in [1.54, 1.807) is 4.90 Å². The van der Waals surface area contributed by atoms with E-state index in [0.717, 1.165) is 19.4 Å². The van der Waals surface area contributed by atoms with Crippen LogP contribution in [0.15, 0.2) is 0 Å². The standard InChI is InChI=1S/C15H28N2O3/c1-4-7-11-20-12-10-17-9-8-13(18)16-15(5-2,6-3)14(17)19/h4-12H2,1-3H3,(H,16,18). The lowest BCUT2D eigenvalue weighted by atomic mass is 9.91. The molecule has 0 saturated carbocycles. The Labute approximate surface area is 122 Å². The van der Waals surface area contributed by atoms with E-state index in [9.17, 15) is 9.59 Å². The van der Waals surface area contributed by atoms with E-state index in [2.05, 4.69) is 12.2 Å². The van der Waals surface area contributed by atoms with Crippen LogP contribution in [0, 0.1) is 0 Å². The van der Waals surface area contributed by atoms with Gasteiger partial charge in [-0.15, -0.1) is 0 Å². The van der Waals surface area contributed by atoms with Crippen molar-refractivity contribution in [3.05, 3.63) is 0 Å². The molecule has 0 aromatic heterocycles. The molecule has 2 amide bonds. The van der Waals surface area contributed by atoms with Crippen molar-refractivity contribution in [3.63, 3.8) is 0 Å². The molecule has 0 radical (unpaired) electrons. The van der Waals surface area contributed by atoms with Crippen LogP contribution in [0.4, 0.5) is 0 Å². The molecule has 20 heavy (non-hydrogen) atoms. The van der Waals surface area contributed by atoms with Crippen molar-refractivity contribution in [2.75, 3.05) is 26.3 Å². The molecular weight excluding hydrogens is 256 g/mol. The second kappa shape index (κ2) is 8.25. The van der Waals surface area contributed by atoms with Crippen LogP contribution in [0.25, 0.3) is 0 Å². The highest BCUT2D eigenvalue weighted by atomic mass is 16.5. The molecule has 1 fully saturated rings. The Morgan fingerprint density at radius 1 is 1.20 bits per heavy atom. The quantitative estimate of drug-likeness (QED) is 0.690.